The summed E-state index contributed by atoms with van der Waals surface area (Å²) in [5.41, 5.74) is 3.65. The number of nitrogens with zero attached hydrogens (tertiary/aromatic N) is 2. The summed E-state index contributed by atoms with van der Waals surface area (Å²) in [5.74, 6) is 0.817. The van der Waals surface area contributed by atoms with Crippen molar-refractivity contribution in [3.05, 3.63) is 65.2 Å². The van der Waals surface area contributed by atoms with Crippen LogP contribution in [0.3, 0.4) is 0 Å². The minimum absolute atomic E-state index is 0.208. The van der Waals surface area contributed by atoms with Gasteiger partial charge in [0.1, 0.15) is 5.75 Å². The third-order valence-corrected chi connectivity index (χ3v) is 5.37. The first-order valence-electron chi connectivity index (χ1n) is 9.22. The molecule has 1 aliphatic heterocycles. The maximum Gasteiger partial charge on any atom is 0.222 e. The molecule has 4 heteroatoms. The van der Waals surface area contributed by atoms with Crippen LogP contribution in [-0.4, -0.2) is 54.0 Å². The fraction of sp³-hybridized carbons (Fsp3) is 0.409. The number of benzene rings is 2. The first-order valence-corrected chi connectivity index (χ1v) is 9.22. The smallest absolute Gasteiger partial charge is 0.222 e. The summed E-state index contributed by atoms with van der Waals surface area (Å²) in [6, 6.07) is 16.1. The van der Waals surface area contributed by atoms with Crippen LogP contribution in [0.25, 0.3) is 0 Å². The molecule has 0 bridgehead atoms. The summed E-state index contributed by atoms with van der Waals surface area (Å²) >= 11 is 0. The van der Waals surface area contributed by atoms with Crippen molar-refractivity contribution in [2.45, 2.75) is 31.7 Å². The highest BCUT2D eigenvalue weighted by Gasteiger charge is 2.36. The third-order valence-electron chi connectivity index (χ3n) is 5.37. The standard InChI is InChI=1S/C22H28N2O2/c1-16-4-9-18(10-5-16)20-14-24(15-21(20)23(2)3)22(26)13-8-17-6-11-19(25)12-7-17/h4-7,9-12,20-21,25H,8,13-15H2,1-3H3. The van der Waals surface area contributed by atoms with E-state index in [-0.39, 0.29) is 11.7 Å². The predicted molar refractivity (Wildman–Crippen MR) is 104 cm³/mol. The van der Waals surface area contributed by atoms with Crippen LogP contribution < -0.4 is 0 Å². The van der Waals surface area contributed by atoms with Crippen molar-refractivity contribution in [1.82, 2.24) is 9.80 Å². The predicted octanol–water partition coefficient (Wildman–Crippen LogP) is 3.19. The Kier molecular flexibility index (Phi) is 5.62. The monoisotopic (exact) mass is 352 g/mol. The fourth-order valence-corrected chi connectivity index (χ4v) is 3.73. The van der Waals surface area contributed by atoms with Crippen molar-refractivity contribution in [3.8, 4) is 5.75 Å². The molecule has 0 radical (unpaired) electrons. The second kappa shape index (κ2) is 7.92. The van der Waals surface area contributed by atoms with Crippen molar-refractivity contribution >= 4 is 5.91 Å². The number of aryl methyl sites for hydroxylation is 2. The van der Waals surface area contributed by atoms with Crippen molar-refractivity contribution in [2.24, 2.45) is 0 Å². The number of phenolic OH excluding ortho intramolecular Hbond substituents is 1. The van der Waals surface area contributed by atoms with Gasteiger partial charge in [0.2, 0.25) is 5.91 Å². The molecule has 0 aliphatic carbocycles. The first kappa shape index (κ1) is 18.5. The minimum atomic E-state index is 0.208. The van der Waals surface area contributed by atoms with E-state index in [2.05, 4.69) is 50.2 Å². The molecule has 0 saturated carbocycles. The van der Waals surface area contributed by atoms with Crippen LogP contribution in [0.1, 0.15) is 29.0 Å². The first-order chi connectivity index (χ1) is 12.4. The van der Waals surface area contributed by atoms with Gasteiger partial charge >= 0.3 is 0 Å². The van der Waals surface area contributed by atoms with Crippen molar-refractivity contribution in [2.75, 3.05) is 27.2 Å². The highest BCUT2D eigenvalue weighted by atomic mass is 16.3. The van der Waals surface area contributed by atoms with E-state index < -0.39 is 0 Å². The molecule has 2 atom stereocenters. The maximum absolute atomic E-state index is 12.7. The van der Waals surface area contributed by atoms with Gasteiger partial charge in [0.05, 0.1) is 0 Å². The van der Waals surface area contributed by atoms with E-state index in [9.17, 15) is 9.90 Å². The van der Waals surface area contributed by atoms with E-state index in [1.165, 1.54) is 11.1 Å². The molecule has 3 rings (SSSR count). The summed E-state index contributed by atoms with van der Waals surface area (Å²) in [4.78, 5) is 17.0. The lowest BCUT2D eigenvalue weighted by molar-refractivity contribution is -0.130. The Hall–Kier alpha value is -2.33. The van der Waals surface area contributed by atoms with Gasteiger partial charge in [0.15, 0.2) is 0 Å². The third kappa shape index (κ3) is 4.25. The molecular formula is C22H28N2O2. The second-order valence-corrected chi connectivity index (χ2v) is 7.51. The fourth-order valence-electron chi connectivity index (χ4n) is 3.73. The van der Waals surface area contributed by atoms with E-state index in [0.717, 1.165) is 18.7 Å². The molecule has 1 amide bonds. The lowest BCUT2D eigenvalue weighted by Gasteiger charge is -2.25. The lowest BCUT2D eigenvalue weighted by Crippen LogP contribution is -2.35. The molecule has 2 unspecified atom stereocenters. The number of aromatic hydroxyl groups is 1. The largest absolute Gasteiger partial charge is 0.508 e. The molecule has 26 heavy (non-hydrogen) atoms. The summed E-state index contributed by atoms with van der Waals surface area (Å²) in [5, 5.41) is 9.36. The van der Waals surface area contributed by atoms with Gasteiger partial charge in [-0.3, -0.25) is 4.79 Å². The molecule has 0 spiro atoms. The highest BCUT2D eigenvalue weighted by molar-refractivity contribution is 5.77. The molecule has 2 aromatic carbocycles. The maximum atomic E-state index is 12.7. The Morgan fingerprint density at radius 3 is 2.35 bits per heavy atom. The zero-order valence-electron chi connectivity index (χ0n) is 15.9. The number of likely N-dealkylation sites (N-methyl/N-ethyl adjacent to an activating group) is 1. The molecule has 4 nitrogen and oxygen atoms in total. The van der Waals surface area contributed by atoms with Gasteiger partial charge in [0.25, 0.3) is 0 Å². The van der Waals surface area contributed by atoms with Gasteiger partial charge in [-0.1, -0.05) is 42.0 Å². The Morgan fingerprint density at radius 2 is 1.73 bits per heavy atom. The Labute approximate surface area is 156 Å². The number of hydrogen-bond donors (Lipinski definition) is 1. The van der Waals surface area contributed by atoms with Crippen LogP contribution in [0.4, 0.5) is 0 Å². The molecule has 1 aliphatic rings. The molecule has 1 N–H and O–H groups in total. The van der Waals surface area contributed by atoms with Gasteiger partial charge in [-0.25, -0.2) is 0 Å². The number of carbonyl (C=O) groups excluding carboxylic acids is 1. The van der Waals surface area contributed by atoms with Gasteiger partial charge in [0, 0.05) is 31.5 Å². The Morgan fingerprint density at radius 1 is 1.08 bits per heavy atom. The minimum Gasteiger partial charge on any atom is -0.508 e. The van der Waals surface area contributed by atoms with Gasteiger partial charge in [-0.15, -0.1) is 0 Å². The Bertz CT molecular complexity index is 738. The van der Waals surface area contributed by atoms with E-state index in [0.29, 0.717) is 24.8 Å². The molecule has 1 fully saturated rings. The average Bonchev–Trinajstić information content (AvgIpc) is 3.07. The SMILES string of the molecule is Cc1ccc(C2CN(C(=O)CCc3ccc(O)cc3)CC2N(C)C)cc1. The number of phenols is 1. The number of likely N-dealkylation sites (tertiary alicyclic amines) is 1. The van der Waals surface area contributed by atoms with Crippen molar-refractivity contribution in [1.29, 1.82) is 0 Å². The second-order valence-electron chi connectivity index (χ2n) is 7.51. The zero-order chi connectivity index (χ0) is 18.7. The van der Waals surface area contributed by atoms with Crippen LogP contribution in [0.15, 0.2) is 48.5 Å². The van der Waals surface area contributed by atoms with Crippen molar-refractivity contribution < 1.29 is 9.90 Å². The van der Waals surface area contributed by atoms with E-state index in [1.54, 1.807) is 12.1 Å². The van der Waals surface area contributed by atoms with Crippen LogP contribution in [0, 0.1) is 6.92 Å². The molecule has 1 heterocycles. The van der Waals surface area contributed by atoms with Crippen molar-refractivity contribution in [3.63, 3.8) is 0 Å². The molecule has 1 saturated heterocycles. The summed E-state index contributed by atoms with van der Waals surface area (Å²) in [6.07, 6.45) is 1.21. The van der Waals surface area contributed by atoms with Crippen LogP contribution in [0.5, 0.6) is 5.75 Å². The summed E-state index contributed by atoms with van der Waals surface area (Å²) in [7, 11) is 4.19. The normalized spacial score (nSPS) is 19.9. The quantitative estimate of drug-likeness (QED) is 0.899. The van der Waals surface area contributed by atoms with Crippen LogP contribution in [-0.2, 0) is 11.2 Å². The van der Waals surface area contributed by atoms with E-state index in [4.69, 9.17) is 0 Å². The number of carbonyl (C=O) groups is 1. The average molecular weight is 352 g/mol. The lowest BCUT2D eigenvalue weighted by atomic mass is 9.93. The van der Waals surface area contributed by atoms with Crippen LogP contribution >= 0.6 is 0 Å². The molecule has 2 aromatic rings. The van der Waals surface area contributed by atoms with Gasteiger partial charge < -0.3 is 14.9 Å². The summed E-state index contributed by atoms with van der Waals surface area (Å²) in [6.45, 7) is 3.65. The Balaban J connectivity index is 1.65. The van der Waals surface area contributed by atoms with E-state index in [1.807, 2.05) is 17.0 Å². The number of amides is 1. The molecule has 0 aromatic heterocycles. The highest BCUT2D eigenvalue weighted by Crippen LogP contribution is 2.31. The number of hydrogen-bond acceptors (Lipinski definition) is 3. The summed E-state index contributed by atoms with van der Waals surface area (Å²) < 4.78 is 0. The van der Waals surface area contributed by atoms with Gasteiger partial charge in [-0.2, -0.15) is 0 Å². The topological polar surface area (TPSA) is 43.8 Å². The van der Waals surface area contributed by atoms with Crippen LogP contribution in [0.2, 0.25) is 0 Å². The van der Waals surface area contributed by atoms with E-state index >= 15 is 0 Å². The molecular weight excluding hydrogens is 324 g/mol. The van der Waals surface area contributed by atoms with Gasteiger partial charge in [-0.05, 0) is 50.7 Å². The number of rotatable bonds is 5. The molecule has 138 valence electrons. The zero-order valence-corrected chi connectivity index (χ0v) is 15.9.